The van der Waals surface area contributed by atoms with Crippen molar-refractivity contribution in [1.82, 2.24) is 15.2 Å². The number of aryl methyl sites for hydroxylation is 2. The molecule has 19 heavy (non-hydrogen) atoms. The van der Waals surface area contributed by atoms with Gasteiger partial charge in [-0.1, -0.05) is 0 Å². The summed E-state index contributed by atoms with van der Waals surface area (Å²) in [5.41, 5.74) is 0.814. The van der Waals surface area contributed by atoms with Crippen molar-refractivity contribution in [3.05, 3.63) is 15.6 Å². The van der Waals surface area contributed by atoms with Crippen molar-refractivity contribution in [3.63, 3.8) is 0 Å². The Kier molecular flexibility index (Phi) is 2.94. The number of likely N-dealkylation sites (tertiary alicyclic amines) is 1. The van der Waals surface area contributed by atoms with Crippen LogP contribution in [0, 0.1) is 25.7 Å². The molecule has 3 heterocycles. The Labute approximate surface area is 118 Å². The summed E-state index contributed by atoms with van der Waals surface area (Å²) in [5, 5.41) is 4.42. The first-order chi connectivity index (χ1) is 8.91. The molecule has 1 aromatic heterocycles. The highest BCUT2D eigenvalue weighted by molar-refractivity contribution is 7.13. The van der Waals surface area contributed by atoms with Gasteiger partial charge in [0.1, 0.15) is 4.88 Å². The molecule has 0 saturated carbocycles. The minimum atomic E-state index is -0.0599. The molecule has 1 aromatic rings. The van der Waals surface area contributed by atoms with Crippen LogP contribution in [0.25, 0.3) is 0 Å². The van der Waals surface area contributed by atoms with Gasteiger partial charge in [-0.3, -0.25) is 4.79 Å². The van der Waals surface area contributed by atoms with Crippen molar-refractivity contribution in [2.24, 2.45) is 11.8 Å². The number of carbonyl (C=O) groups is 1. The highest BCUT2D eigenvalue weighted by Crippen LogP contribution is 2.41. The average Bonchev–Trinajstić information content (AvgIpc) is 2.96. The number of amides is 1. The summed E-state index contributed by atoms with van der Waals surface area (Å²) in [5.74, 6) is 1.35. The number of rotatable bonds is 1. The zero-order chi connectivity index (χ0) is 13.8. The number of nitrogens with zero attached hydrogens (tertiary/aromatic N) is 2. The van der Waals surface area contributed by atoms with E-state index in [0.717, 1.165) is 35.2 Å². The van der Waals surface area contributed by atoms with E-state index in [-0.39, 0.29) is 11.4 Å². The Morgan fingerprint density at radius 2 is 2.16 bits per heavy atom. The number of nitrogens with one attached hydrogen (secondary N) is 1. The molecule has 4 nitrogen and oxygen atoms in total. The van der Waals surface area contributed by atoms with E-state index in [4.69, 9.17) is 0 Å². The zero-order valence-corrected chi connectivity index (χ0v) is 12.8. The van der Waals surface area contributed by atoms with Gasteiger partial charge < -0.3 is 10.2 Å². The lowest BCUT2D eigenvalue weighted by Gasteiger charge is -2.35. The minimum absolute atomic E-state index is 0.0599. The molecule has 2 atom stereocenters. The Morgan fingerprint density at radius 3 is 2.74 bits per heavy atom. The third kappa shape index (κ3) is 1.91. The number of hydrogen-bond donors (Lipinski definition) is 1. The van der Waals surface area contributed by atoms with Crippen molar-refractivity contribution < 1.29 is 4.79 Å². The standard InChI is InChI=1S/C14H21N3OS/c1-8-12(19-9(2)16-8)13(18)17-7-10-5-15-6-11(10)14(17,3)4/h10-11,15H,5-7H2,1-4H3. The van der Waals surface area contributed by atoms with Crippen LogP contribution in [0.4, 0.5) is 0 Å². The molecule has 0 spiro atoms. The van der Waals surface area contributed by atoms with E-state index in [2.05, 4.69) is 29.0 Å². The normalized spacial score (nSPS) is 28.7. The molecule has 5 heteroatoms. The van der Waals surface area contributed by atoms with Gasteiger partial charge in [0, 0.05) is 25.2 Å². The van der Waals surface area contributed by atoms with Gasteiger partial charge in [-0.05, 0) is 39.5 Å². The average molecular weight is 279 g/mol. The number of carbonyl (C=O) groups excluding carboxylic acids is 1. The van der Waals surface area contributed by atoms with Crippen LogP contribution in [0.2, 0.25) is 0 Å². The number of hydrogen-bond acceptors (Lipinski definition) is 4. The van der Waals surface area contributed by atoms with E-state index in [1.807, 2.05) is 13.8 Å². The maximum Gasteiger partial charge on any atom is 0.266 e. The van der Waals surface area contributed by atoms with Gasteiger partial charge in [0.25, 0.3) is 5.91 Å². The van der Waals surface area contributed by atoms with Crippen LogP contribution in [0.5, 0.6) is 0 Å². The predicted octanol–water partition coefficient (Wildman–Crippen LogP) is 1.83. The van der Waals surface area contributed by atoms with Gasteiger partial charge in [-0.15, -0.1) is 11.3 Å². The van der Waals surface area contributed by atoms with Crippen LogP contribution in [0.1, 0.15) is 34.2 Å². The Balaban J connectivity index is 1.91. The fourth-order valence-electron chi connectivity index (χ4n) is 3.62. The van der Waals surface area contributed by atoms with Gasteiger partial charge in [-0.2, -0.15) is 0 Å². The van der Waals surface area contributed by atoms with Crippen LogP contribution < -0.4 is 5.32 Å². The molecule has 2 saturated heterocycles. The van der Waals surface area contributed by atoms with E-state index < -0.39 is 0 Å². The molecule has 0 aliphatic carbocycles. The molecule has 3 rings (SSSR count). The van der Waals surface area contributed by atoms with Crippen LogP contribution in [0.3, 0.4) is 0 Å². The molecule has 2 aliphatic rings. The quantitative estimate of drug-likeness (QED) is 0.853. The third-order valence-electron chi connectivity index (χ3n) is 4.70. The Morgan fingerprint density at radius 1 is 1.42 bits per heavy atom. The summed E-state index contributed by atoms with van der Waals surface area (Å²) in [6.45, 7) is 11.2. The largest absolute Gasteiger partial charge is 0.332 e. The molecule has 1 amide bonds. The van der Waals surface area contributed by atoms with E-state index >= 15 is 0 Å². The van der Waals surface area contributed by atoms with E-state index in [0.29, 0.717) is 11.8 Å². The van der Waals surface area contributed by atoms with Crippen molar-refractivity contribution in [2.45, 2.75) is 33.2 Å². The SMILES string of the molecule is Cc1nc(C)c(C(=O)N2CC3CNCC3C2(C)C)s1. The molecule has 2 fully saturated rings. The summed E-state index contributed by atoms with van der Waals surface area (Å²) >= 11 is 1.52. The monoisotopic (exact) mass is 279 g/mol. The summed E-state index contributed by atoms with van der Waals surface area (Å²) in [6.07, 6.45) is 0. The Hall–Kier alpha value is -0.940. The van der Waals surface area contributed by atoms with Crippen molar-refractivity contribution in [1.29, 1.82) is 0 Å². The predicted molar refractivity (Wildman–Crippen MR) is 76.6 cm³/mol. The van der Waals surface area contributed by atoms with E-state index in [1.165, 1.54) is 11.3 Å². The molecule has 104 valence electrons. The third-order valence-corrected chi connectivity index (χ3v) is 5.76. The molecule has 0 radical (unpaired) electrons. The molecule has 1 N–H and O–H groups in total. The lowest BCUT2D eigenvalue weighted by atomic mass is 9.85. The molecule has 0 bridgehead atoms. The van der Waals surface area contributed by atoms with Gasteiger partial charge in [0.2, 0.25) is 0 Å². The van der Waals surface area contributed by atoms with E-state index in [9.17, 15) is 4.79 Å². The van der Waals surface area contributed by atoms with Crippen molar-refractivity contribution in [3.8, 4) is 0 Å². The maximum atomic E-state index is 12.8. The molecule has 0 aromatic carbocycles. The molecular weight excluding hydrogens is 258 g/mol. The zero-order valence-electron chi connectivity index (χ0n) is 12.0. The van der Waals surface area contributed by atoms with Gasteiger partial charge in [-0.25, -0.2) is 4.98 Å². The number of aromatic nitrogens is 1. The fourth-order valence-corrected chi connectivity index (χ4v) is 4.49. The first-order valence-electron chi connectivity index (χ1n) is 6.88. The second kappa shape index (κ2) is 4.28. The first-order valence-corrected chi connectivity index (χ1v) is 7.69. The minimum Gasteiger partial charge on any atom is -0.332 e. The van der Waals surface area contributed by atoms with Gasteiger partial charge >= 0.3 is 0 Å². The lowest BCUT2D eigenvalue weighted by molar-refractivity contribution is 0.0607. The van der Waals surface area contributed by atoms with Crippen molar-refractivity contribution in [2.75, 3.05) is 19.6 Å². The second-order valence-corrected chi connectivity index (χ2v) is 7.44. The van der Waals surface area contributed by atoms with Gasteiger partial charge in [0.05, 0.1) is 10.7 Å². The van der Waals surface area contributed by atoms with Crippen LogP contribution in [0.15, 0.2) is 0 Å². The van der Waals surface area contributed by atoms with Crippen molar-refractivity contribution >= 4 is 17.2 Å². The lowest BCUT2D eigenvalue weighted by Crippen LogP contribution is -2.47. The highest BCUT2D eigenvalue weighted by atomic mass is 32.1. The summed E-state index contributed by atoms with van der Waals surface area (Å²) in [7, 11) is 0. The topological polar surface area (TPSA) is 45.2 Å². The van der Waals surface area contributed by atoms with Crippen LogP contribution >= 0.6 is 11.3 Å². The molecule has 2 unspecified atom stereocenters. The smallest absolute Gasteiger partial charge is 0.266 e. The maximum absolute atomic E-state index is 12.8. The van der Waals surface area contributed by atoms with Crippen LogP contribution in [-0.4, -0.2) is 41.0 Å². The fraction of sp³-hybridized carbons (Fsp3) is 0.714. The van der Waals surface area contributed by atoms with Crippen LogP contribution in [-0.2, 0) is 0 Å². The first kappa shape index (κ1) is 13.1. The summed E-state index contributed by atoms with van der Waals surface area (Å²) < 4.78 is 0. The summed E-state index contributed by atoms with van der Waals surface area (Å²) in [6, 6.07) is 0. The van der Waals surface area contributed by atoms with E-state index in [1.54, 1.807) is 0 Å². The number of fused-ring (bicyclic) bond motifs is 1. The summed E-state index contributed by atoms with van der Waals surface area (Å²) in [4.78, 5) is 20.1. The highest BCUT2D eigenvalue weighted by Gasteiger charge is 2.51. The molecular formula is C14H21N3OS. The molecule has 2 aliphatic heterocycles. The second-order valence-electron chi connectivity index (χ2n) is 6.24. The van der Waals surface area contributed by atoms with Gasteiger partial charge in [0.15, 0.2) is 0 Å². The number of thiazole rings is 1. The Bertz CT molecular complexity index is 523.